The van der Waals surface area contributed by atoms with Gasteiger partial charge in [0.05, 0.1) is 6.04 Å². The van der Waals surface area contributed by atoms with Crippen molar-refractivity contribution in [2.75, 3.05) is 18.0 Å². The zero-order valence-corrected chi connectivity index (χ0v) is 16.4. The number of aryl methyl sites for hydroxylation is 1. The molecule has 0 aliphatic carbocycles. The molecule has 0 spiro atoms. The molecule has 1 atom stereocenters. The van der Waals surface area contributed by atoms with E-state index >= 15 is 0 Å². The van der Waals surface area contributed by atoms with Crippen molar-refractivity contribution in [1.82, 2.24) is 9.47 Å². The number of likely N-dealkylation sites (tertiary alicyclic amines) is 1. The average molecular weight is 365 g/mol. The maximum atomic E-state index is 13.3. The van der Waals surface area contributed by atoms with E-state index in [-0.39, 0.29) is 17.9 Å². The summed E-state index contributed by atoms with van der Waals surface area (Å²) < 4.78 is 1.99. The molecular formula is C22H27N3O2. The van der Waals surface area contributed by atoms with E-state index in [0.29, 0.717) is 5.69 Å². The fourth-order valence-corrected chi connectivity index (χ4v) is 4.65. The van der Waals surface area contributed by atoms with E-state index in [2.05, 4.69) is 13.0 Å². The minimum absolute atomic E-state index is 0.0401. The molecule has 1 fully saturated rings. The number of hydrogen-bond donors (Lipinski definition) is 0. The van der Waals surface area contributed by atoms with Crippen molar-refractivity contribution < 1.29 is 9.59 Å². The highest BCUT2D eigenvalue weighted by molar-refractivity contribution is 6.06. The molecule has 0 bridgehead atoms. The minimum atomic E-state index is 0.0401. The van der Waals surface area contributed by atoms with Crippen LogP contribution in [0.2, 0.25) is 0 Å². The number of rotatable bonds is 2. The molecule has 0 saturated carbocycles. The first-order valence-electron chi connectivity index (χ1n) is 9.82. The van der Waals surface area contributed by atoms with Gasteiger partial charge in [-0.15, -0.1) is 0 Å². The quantitative estimate of drug-likeness (QED) is 0.816. The van der Waals surface area contributed by atoms with Gasteiger partial charge in [-0.1, -0.05) is 12.1 Å². The molecule has 27 heavy (non-hydrogen) atoms. The first-order valence-corrected chi connectivity index (χ1v) is 9.82. The fourth-order valence-electron chi connectivity index (χ4n) is 4.65. The molecule has 4 rings (SSSR count). The molecule has 142 valence electrons. The number of fused-ring (bicyclic) bond motifs is 1. The van der Waals surface area contributed by atoms with Crippen molar-refractivity contribution in [2.24, 2.45) is 7.05 Å². The standard InChI is InChI=1S/C22H27N3O2/c1-15-7-6-9-18-17(15)12-14-25(18)22(27)21-11-10-19(23(21)3)20-8-4-5-13-24(20)16(2)26/h6-7,9-11,20H,4-5,8,12-14H2,1-3H3/t20-/m0/s1. The van der Waals surface area contributed by atoms with Crippen LogP contribution in [0, 0.1) is 6.92 Å². The molecule has 3 heterocycles. The van der Waals surface area contributed by atoms with E-state index in [0.717, 1.165) is 50.2 Å². The van der Waals surface area contributed by atoms with Crippen LogP contribution in [0.15, 0.2) is 30.3 Å². The first-order chi connectivity index (χ1) is 13.0. The minimum Gasteiger partial charge on any atom is -0.342 e. The maximum absolute atomic E-state index is 13.3. The van der Waals surface area contributed by atoms with Crippen molar-refractivity contribution in [2.45, 2.75) is 45.6 Å². The van der Waals surface area contributed by atoms with Crippen LogP contribution in [-0.2, 0) is 18.3 Å². The topological polar surface area (TPSA) is 45.6 Å². The molecule has 2 aromatic rings. The normalized spacial score (nSPS) is 19.3. The monoisotopic (exact) mass is 365 g/mol. The van der Waals surface area contributed by atoms with Crippen LogP contribution in [0.5, 0.6) is 0 Å². The molecule has 2 aliphatic heterocycles. The van der Waals surface area contributed by atoms with Crippen molar-refractivity contribution >= 4 is 17.5 Å². The van der Waals surface area contributed by atoms with E-state index in [9.17, 15) is 9.59 Å². The first kappa shape index (κ1) is 17.8. The Bertz CT molecular complexity index is 899. The number of carbonyl (C=O) groups excluding carboxylic acids is 2. The zero-order valence-electron chi connectivity index (χ0n) is 16.4. The molecule has 5 heteroatoms. The predicted molar refractivity (Wildman–Crippen MR) is 106 cm³/mol. The Hall–Kier alpha value is -2.56. The third kappa shape index (κ3) is 2.95. The number of piperidine rings is 1. The SMILES string of the molecule is CC(=O)N1CCCC[C@H]1c1ccc(C(=O)N2CCc3c(C)cccc32)n1C. The Labute approximate surface area is 160 Å². The Morgan fingerprint density at radius 2 is 1.89 bits per heavy atom. The second-order valence-electron chi connectivity index (χ2n) is 7.71. The summed E-state index contributed by atoms with van der Waals surface area (Å²) in [5.74, 6) is 0.149. The Balaban J connectivity index is 1.64. The molecule has 1 aromatic carbocycles. The van der Waals surface area contributed by atoms with E-state index in [1.165, 1.54) is 11.1 Å². The smallest absolute Gasteiger partial charge is 0.274 e. The van der Waals surface area contributed by atoms with Crippen LogP contribution >= 0.6 is 0 Å². The van der Waals surface area contributed by atoms with Gasteiger partial charge in [0.1, 0.15) is 5.69 Å². The van der Waals surface area contributed by atoms with Crippen molar-refractivity contribution in [3.8, 4) is 0 Å². The van der Waals surface area contributed by atoms with Crippen LogP contribution in [-0.4, -0.2) is 34.4 Å². The van der Waals surface area contributed by atoms with Gasteiger partial charge in [0, 0.05) is 38.4 Å². The third-order valence-electron chi connectivity index (χ3n) is 6.14. The lowest BCUT2D eigenvalue weighted by Crippen LogP contribution is -2.38. The molecule has 0 radical (unpaired) electrons. The number of hydrogen-bond acceptors (Lipinski definition) is 2. The van der Waals surface area contributed by atoms with Crippen molar-refractivity contribution in [3.05, 3.63) is 52.8 Å². The van der Waals surface area contributed by atoms with E-state index in [4.69, 9.17) is 0 Å². The van der Waals surface area contributed by atoms with Gasteiger partial charge in [-0.2, -0.15) is 0 Å². The molecule has 2 amide bonds. The summed E-state index contributed by atoms with van der Waals surface area (Å²) in [6.45, 7) is 5.26. The average Bonchev–Trinajstić information content (AvgIpc) is 3.26. The van der Waals surface area contributed by atoms with Crippen LogP contribution in [0.4, 0.5) is 5.69 Å². The third-order valence-corrected chi connectivity index (χ3v) is 6.14. The van der Waals surface area contributed by atoms with Gasteiger partial charge in [0.2, 0.25) is 5.91 Å². The fraction of sp³-hybridized carbons (Fsp3) is 0.455. The summed E-state index contributed by atoms with van der Waals surface area (Å²) in [5, 5.41) is 0. The highest BCUT2D eigenvalue weighted by Crippen LogP contribution is 2.34. The number of anilines is 1. The molecule has 1 saturated heterocycles. The highest BCUT2D eigenvalue weighted by Gasteiger charge is 2.31. The second-order valence-corrected chi connectivity index (χ2v) is 7.71. The highest BCUT2D eigenvalue weighted by atomic mass is 16.2. The summed E-state index contributed by atoms with van der Waals surface area (Å²) in [6.07, 6.45) is 4.03. The number of aromatic nitrogens is 1. The Morgan fingerprint density at radius 1 is 1.07 bits per heavy atom. The molecular weight excluding hydrogens is 338 g/mol. The second kappa shape index (κ2) is 6.87. The number of carbonyl (C=O) groups is 2. The Morgan fingerprint density at radius 3 is 2.67 bits per heavy atom. The maximum Gasteiger partial charge on any atom is 0.274 e. The number of nitrogens with zero attached hydrogens (tertiary/aromatic N) is 3. The molecule has 0 unspecified atom stereocenters. The van der Waals surface area contributed by atoms with Crippen LogP contribution in [0.3, 0.4) is 0 Å². The van der Waals surface area contributed by atoms with Gasteiger partial charge in [0.25, 0.3) is 5.91 Å². The molecule has 5 nitrogen and oxygen atoms in total. The van der Waals surface area contributed by atoms with E-state index in [1.807, 2.05) is 45.7 Å². The summed E-state index contributed by atoms with van der Waals surface area (Å²) in [6, 6.07) is 10.2. The lowest BCUT2D eigenvalue weighted by Gasteiger charge is -2.35. The molecule has 2 aliphatic rings. The van der Waals surface area contributed by atoms with E-state index in [1.54, 1.807) is 6.92 Å². The predicted octanol–water partition coefficient (Wildman–Crippen LogP) is 3.61. The van der Waals surface area contributed by atoms with Gasteiger partial charge in [-0.3, -0.25) is 9.59 Å². The molecule has 0 N–H and O–H groups in total. The lowest BCUT2D eigenvalue weighted by molar-refractivity contribution is -0.132. The largest absolute Gasteiger partial charge is 0.342 e. The number of benzene rings is 1. The van der Waals surface area contributed by atoms with Crippen LogP contribution in [0.25, 0.3) is 0 Å². The van der Waals surface area contributed by atoms with E-state index < -0.39 is 0 Å². The summed E-state index contributed by atoms with van der Waals surface area (Å²) in [7, 11) is 1.95. The van der Waals surface area contributed by atoms with Gasteiger partial charge in [-0.25, -0.2) is 0 Å². The van der Waals surface area contributed by atoms with Gasteiger partial charge < -0.3 is 14.4 Å². The van der Waals surface area contributed by atoms with Crippen molar-refractivity contribution in [3.63, 3.8) is 0 Å². The summed E-state index contributed by atoms with van der Waals surface area (Å²) >= 11 is 0. The van der Waals surface area contributed by atoms with Gasteiger partial charge in [-0.05, 0) is 61.9 Å². The molecule has 1 aromatic heterocycles. The van der Waals surface area contributed by atoms with Gasteiger partial charge in [0.15, 0.2) is 0 Å². The van der Waals surface area contributed by atoms with Crippen LogP contribution < -0.4 is 4.90 Å². The van der Waals surface area contributed by atoms with Gasteiger partial charge >= 0.3 is 0 Å². The summed E-state index contributed by atoms with van der Waals surface area (Å²) in [4.78, 5) is 29.2. The Kier molecular flexibility index (Phi) is 4.54. The lowest BCUT2D eigenvalue weighted by atomic mass is 9.99. The summed E-state index contributed by atoms with van der Waals surface area (Å²) in [5.41, 5.74) is 5.29. The van der Waals surface area contributed by atoms with Crippen LogP contribution in [0.1, 0.15) is 59.5 Å². The number of amides is 2. The zero-order chi connectivity index (χ0) is 19.1. The van der Waals surface area contributed by atoms with Crippen molar-refractivity contribution in [1.29, 1.82) is 0 Å².